The number of amides is 2. The molecule has 0 aliphatic carbocycles. The van der Waals surface area contributed by atoms with E-state index in [4.69, 9.17) is 4.74 Å². The SMILES string of the molecule is CCOC(=O)N1CCc2nn(CC(=O)N3CCN(c4ccccc4)CC3)c(=O)cc2C1. The Balaban J connectivity index is 1.37. The Morgan fingerprint density at radius 3 is 2.48 bits per heavy atom. The minimum Gasteiger partial charge on any atom is -0.450 e. The maximum absolute atomic E-state index is 12.8. The molecule has 1 saturated heterocycles. The van der Waals surface area contributed by atoms with Gasteiger partial charge in [0, 0.05) is 56.5 Å². The van der Waals surface area contributed by atoms with Crippen molar-refractivity contribution in [3.8, 4) is 0 Å². The molecule has 4 rings (SSSR count). The summed E-state index contributed by atoms with van der Waals surface area (Å²) in [4.78, 5) is 42.9. The maximum atomic E-state index is 12.8. The van der Waals surface area contributed by atoms with Crippen LogP contribution >= 0.6 is 0 Å². The molecule has 0 N–H and O–H groups in total. The Hall–Kier alpha value is -3.36. The van der Waals surface area contributed by atoms with Crippen LogP contribution in [0.1, 0.15) is 18.2 Å². The Morgan fingerprint density at radius 2 is 1.77 bits per heavy atom. The number of nitrogens with zero attached hydrogens (tertiary/aromatic N) is 5. The summed E-state index contributed by atoms with van der Waals surface area (Å²) in [6.45, 7) is 5.51. The van der Waals surface area contributed by atoms with Gasteiger partial charge in [0.25, 0.3) is 5.56 Å². The normalized spacial score (nSPS) is 16.1. The van der Waals surface area contributed by atoms with Crippen LogP contribution in [0.4, 0.5) is 10.5 Å². The van der Waals surface area contributed by atoms with Crippen LogP contribution < -0.4 is 10.5 Å². The van der Waals surface area contributed by atoms with Crippen molar-refractivity contribution in [3.63, 3.8) is 0 Å². The van der Waals surface area contributed by atoms with Crippen molar-refractivity contribution in [2.24, 2.45) is 0 Å². The van der Waals surface area contributed by atoms with E-state index in [0.717, 1.165) is 24.5 Å². The van der Waals surface area contributed by atoms with E-state index in [-0.39, 0.29) is 24.1 Å². The van der Waals surface area contributed by atoms with Crippen LogP contribution in [-0.2, 0) is 29.0 Å². The number of para-hydroxylation sites is 1. The molecule has 0 atom stereocenters. The number of fused-ring (bicyclic) bond motifs is 1. The van der Waals surface area contributed by atoms with Gasteiger partial charge in [-0.1, -0.05) is 18.2 Å². The highest BCUT2D eigenvalue weighted by Gasteiger charge is 2.25. The second kappa shape index (κ2) is 9.20. The van der Waals surface area contributed by atoms with Crippen LogP contribution in [0.15, 0.2) is 41.2 Å². The Kier molecular flexibility index (Phi) is 6.20. The first-order valence-electron chi connectivity index (χ1n) is 10.6. The molecule has 0 spiro atoms. The molecule has 1 aromatic heterocycles. The number of carbonyl (C=O) groups is 2. The topological polar surface area (TPSA) is 88.0 Å². The summed E-state index contributed by atoms with van der Waals surface area (Å²) in [6.07, 6.45) is 0.139. The zero-order chi connectivity index (χ0) is 21.8. The zero-order valence-electron chi connectivity index (χ0n) is 17.7. The molecule has 2 amide bonds. The summed E-state index contributed by atoms with van der Waals surface area (Å²) >= 11 is 0. The van der Waals surface area contributed by atoms with E-state index in [2.05, 4.69) is 22.1 Å². The number of aromatic nitrogens is 2. The van der Waals surface area contributed by atoms with Gasteiger partial charge < -0.3 is 19.4 Å². The lowest BCUT2D eigenvalue weighted by molar-refractivity contribution is -0.132. The molecule has 9 nitrogen and oxygen atoms in total. The fraction of sp³-hybridized carbons (Fsp3) is 0.455. The molecule has 1 fully saturated rings. The lowest BCUT2D eigenvalue weighted by Gasteiger charge is -2.36. The average Bonchev–Trinajstić information content (AvgIpc) is 2.80. The number of benzene rings is 1. The van der Waals surface area contributed by atoms with Crippen molar-refractivity contribution in [2.45, 2.75) is 26.4 Å². The van der Waals surface area contributed by atoms with Crippen LogP contribution in [0.2, 0.25) is 0 Å². The molecule has 2 aliphatic heterocycles. The predicted octanol–water partition coefficient (Wildman–Crippen LogP) is 1.11. The van der Waals surface area contributed by atoms with Crippen LogP contribution in [-0.4, -0.2) is 70.9 Å². The van der Waals surface area contributed by atoms with E-state index >= 15 is 0 Å². The van der Waals surface area contributed by atoms with Gasteiger partial charge in [0.05, 0.1) is 18.8 Å². The van der Waals surface area contributed by atoms with Crippen molar-refractivity contribution in [3.05, 3.63) is 58.0 Å². The molecule has 2 aromatic rings. The molecule has 0 radical (unpaired) electrons. The highest BCUT2D eigenvalue weighted by molar-refractivity contribution is 5.76. The molecule has 1 aromatic carbocycles. The lowest BCUT2D eigenvalue weighted by atomic mass is 10.1. The van der Waals surface area contributed by atoms with Crippen molar-refractivity contribution in [1.29, 1.82) is 0 Å². The van der Waals surface area contributed by atoms with Gasteiger partial charge in [-0.15, -0.1) is 0 Å². The van der Waals surface area contributed by atoms with E-state index in [0.29, 0.717) is 44.8 Å². The molecule has 3 heterocycles. The molecule has 9 heteroatoms. The first-order valence-corrected chi connectivity index (χ1v) is 10.6. The summed E-state index contributed by atoms with van der Waals surface area (Å²) in [5.41, 5.74) is 2.28. The van der Waals surface area contributed by atoms with Crippen molar-refractivity contribution in [1.82, 2.24) is 19.6 Å². The van der Waals surface area contributed by atoms with E-state index in [1.165, 1.54) is 10.7 Å². The average molecular weight is 425 g/mol. The van der Waals surface area contributed by atoms with E-state index in [1.54, 1.807) is 16.7 Å². The third kappa shape index (κ3) is 4.70. The maximum Gasteiger partial charge on any atom is 0.410 e. The summed E-state index contributed by atoms with van der Waals surface area (Å²) in [6, 6.07) is 11.6. The van der Waals surface area contributed by atoms with Gasteiger partial charge in [0.1, 0.15) is 6.54 Å². The van der Waals surface area contributed by atoms with Gasteiger partial charge in [0.15, 0.2) is 0 Å². The summed E-state index contributed by atoms with van der Waals surface area (Å²) < 4.78 is 6.28. The third-order valence-electron chi connectivity index (χ3n) is 5.71. The number of rotatable bonds is 4. The predicted molar refractivity (Wildman–Crippen MR) is 115 cm³/mol. The first kappa shape index (κ1) is 20.9. The number of carbonyl (C=O) groups excluding carboxylic acids is 2. The van der Waals surface area contributed by atoms with Gasteiger partial charge in [-0.25, -0.2) is 9.48 Å². The summed E-state index contributed by atoms with van der Waals surface area (Å²) in [7, 11) is 0. The molecule has 31 heavy (non-hydrogen) atoms. The highest BCUT2D eigenvalue weighted by atomic mass is 16.6. The fourth-order valence-corrected chi connectivity index (χ4v) is 4.00. The first-order chi connectivity index (χ1) is 15.0. The molecule has 0 unspecified atom stereocenters. The third-order valence-corrected chi connectivity index (χ3v) is 5.71. The largest absolute Gasteiger partial charge is 0.450 e. The monoisotopic (exact) mass is 425 g/mol. The Morgan fingerprint density at radius 1 is 1.03 bits per heavy atom. The van der Waals surface area contributed by atoms with Gasteiger partial charge in [0.2, 0.25) is 5.91 Å². The van der Waals surface area contributed by atoms with Crippen LogP contribution in [0.25, 0.3) is 0 Å². The smallest absolute Gasteiger partial charge is 0.410 e. The minimum absolute atomic E-state index is 0.0704. The minimum atomic E-state index is -0.387. The Labute approximate surface area is 180 Å². The van der Waals surface area contributed by atoms with Gasteiger partial charge in [-0.05, 0) is 19.1 Å². The van der Waals surface area contributed by atoms with Crippen LogP contribution in [0.5, 0.6) is 0 Å². The Bertz CT molecular complexity index is 999. The van der Waals surface area contributed by atoms with E-state index in [1.807, 2.05) is 18.2 Å². The standard InChI is InChI=1S/C22H27N5O4/c1-2-31-22(30)26-9-8-19-17(15-26)14-20(28)27(23-19)16-21(29)25-12-10-24(11-13-25)18-6-4-3-5-7-18/h3-7,14H,2,8-13,15-16H2,1H3. The number of hydrogen-bond donors (Lipinski definition) is 0. The molecule has 0 saturated carbocycles. The number of anilines is 1. The van der Waals surface area contributed by atoms with Crippen LogP contribution in [0.3, 0.4) is 0 Å². The van der Waals surface area contributed by atoms with Gasteiger partial charge in [-0.3, -0.25) is 9.59 Å². The van der Waals surface area contributed by atoms with Gasteiger partial charge >= 0.3 is 6.09 Å². The zero-order valence-corrected chi connectivity index (χ0v) is 17.7. The molecule has 0 bridgehead atoms. The van der Waals surface area contributed by atoms with Crippen molar-refractivity contribution >= 4 is 17.7 Å². The highest BCUT2D eigenvalue weighted by Crippen LogP contribution is 2.17. The number of ether oxygens (including phenoxy) is 1. The molecular weight excluding hydrogens is 398 g/mol. The van der Waals surface area contributed by atoms with E-state index < -0.39 is 0 Å². The van der Waals surface area contributed by atoms with Gasteiger partial charge in [-0.2, -0.15) is 5.10 Å². The summed E-state index contributed by atoms with van der Waals surface area (Å²) in [5, 5.41) is 4.42. The van der Waals surface area contributed by atoms with Crippen molar-refractivity contribution < 1.29 is 14.3 Å². The van der Waals surface area contributed by atoms with Crippen LogP contribution in [0, 0.1) is 0 Å². The number of piperazine rings is 1. The van der Waals surface area contributed by atoms with Crippen molar-refractivity contribution in [2.75, 3.05) is 44.2 Å². The molecule has 2 aliphatic rings. The molecular formula is C22H27N5O4. The quantitative estimate of drug-likeness (QED) is 0.729. The number of hydrogen-bond acceptors (Lipinski definition) is 6. The molecule has 164 valence electrons. The second-order valence-electron chi connectivity index (χ2n) is 7.69. The second-order valence-corrected chi connectivity index (χ2v) is 7.69. The lowest BCUT2D eigenvalue weighted by Crippen LogP contribution is -2.50. The fourth-order valence-electron chi connectivity index (χ4n) is 4.00. The van der Waals surface area contributed by atoms with E-state index in [9.17, 15) is 14.4 Å². The summed E-state index contributed by atoms with van der Waals surface area (Å²) in [5.74, 6) is -0.105.